The Kier molecular flexibility index (Phi) is 5.42. The molecule has 0 fully saturated rings. The van der Waals surface area contributed by atoms with Crippen LogP contribution in [0.2, 0.25) is 0 Å². The van der Waals surface area contributed by atoms with Crippen LogP contribution in [0.5, 0.6) is 0 Å². The Morgan fingerprint density at radius 2 is 1.45 bits per heavy atom. The molecule has 1 aliphatic rings. The van der Waals surface area contributed by atoms with Crippen LogP contribution in [0.4, 0.5) is 5.69 Å². The molecule has 0 unspecified atom stereocenters. The van der Waals surface area contributed by atoms with Crippen molar-refractivity contribution in [1.29, 1.82) is 0 Å². The fourth-order valence-electron chi connectivity index (χ4n) is 3.94. The third kappa shape index (κ3) is 3.99. The molecule has 0 atom stereocenters. The van der Waals surface area contributed by atoms with Crippen molar-refractivity contribution in [2.24, 2.45) is 0 Å². The van der Waals surface area contributed by atoms with E-state index in [1.807, 2.05) is 70.2 Å². The fourth-order valence-corrected chi connectivity index (χ4v) is 3.94. The molecule has 1 N–H and O–H groups in total. The normalized spacial score (nSPS) is 13.9. The van der Waals surface area contributed by atoms with Crippen LogP contribution >= 0.6 is 0 Å². The zero-order valence-electron chi connectivity index (χ0n) is 18.2. The van der Waals surface area contributed by atoms with Gasteiger partial charge in [-0.15, -0.1) is 0 Å². The van der Waals surface area contributed by atoms with Crippen LogP contribution in [-0.4, -0.2) is 21.7 Å². The second-order valence-electron chi connectivity index (χ2n) is 8.06. The first-order valence-corrected chi connectivity index (χ1v) is 10.3. The summed E-state index contributed by atoms with van der Waals surface area (Å²) in [7, 11) is 0. The van der Waals surface area contributed by atoms with Crippen LogP contribution < -0.4 is 5.32 Å². The predicted octanol–water partition coefficient (Wildman–Crippen LogP) is 4.71. The largest absolute Gasteiger partial charge is 0.350 e. The summed E-state index contributed by atoms with van der Waals surface area (Å²) in [4.78, 5) is 32.2. The van der Waals surface area contributed by atoms with E-state index in [0.29, 0.717) is 11.3 Å². The molecular formula is C26H25N3O2. The van der Waals surface area contributed by atoms with Crippen molar-refractivity contribution in [3.8, 4) is 0 Å². The van der Waals surface area contributed by atoms with Crippen LogP contribution in [0, 0.1) is 27.7 Å². The molecule has 2 heterocycles. The minimum absolute atomic E-state index is 0.201. The van der Waals surface area contributed by atoms with Crippen molar-refractivity contribution in [1.82, 2.24) is 9.88 Å². The van der Waals surface area contributed by atoms with Crippen molar-refractivity contribution < 1.29 is 9.59 Å². The Balaban J connectivity index is 1.80. The molecule has 0 saturated heterocycles. The van der Waals surface area contributed by atoms with E-state index in [-0.39, 0.29) is 18.4 Å². The van der Waals surface area contributed by atoms with E-state index >= 15 is 0 Å². The summed E-state index contributed by atoms with van der Waals surface area (Å²) in [5.74, 6) is -0.613. The molecular weight excluding hydrogens is 386 g/mol. The average molecular weight is 412 g/mol. The molecule has 1 aromatic heterocycles. The maximum Gasteiger partial charge on any atom is 0.278 e. The lowest BCUT2D eigenvalue weighted by molar-refractivity contribution is -0.137. The first kappa shape index (κ1) is 20.5. The number of hydrogen-bond donors (Lipinski definition) is 1. The molecule has 4 rings (SSSR count). The summed E-state index contributed by atoms with van der Waals surface area (Å²) in [6.07, 6.45) is 3.32. The first-order chi connectivity index (χ1) is 14.8. The van der Waals surface area contributed by atoms with Gasteiger partial charge >= 0.3 is 0 Å². The third-order valence-electron chi connectivity index (χ3n) is 5.55. The number of carbonyl (C=O) groups excluding carboxylic acids is 2. The van der Waals surface area contributed by atoms with Crippen LogP contribution in [0.25, 0.3) is 5.57 Å². The molecule has 2 aromatic carbocycles. The van der Waals surface area contributed by atoms with Gasteiger partial charge in [0.2, 0.25) is 0 Å². The highest BCUT2D eigenvalue weighted by Gasteiger charge is 2.39. The van der Waals surface area contributed by atoms with Crippen LogP contribution in [0.15, 0.2) is 66.6 Å². The molecule has 5 heteroatoms. The number of hydrogen-bond acceptors (Lipinski definition) is 4. The Bertz CT molecular complexity index is 1210. The number of anilines is 1. The Morgan fingerprint density at radius 1 is 0.806 bits per heavy atom. The Labute approximate surface area is 182 Å². The molecule has 3 aromatic rings. The third-order valence-corrected chi connectivity index (χ3v) is 5.55. The lowest BCUT2D eigenvalue weighted by Crippen LogP contribution is -2.32. The maximum atomic E-state index is 13.5. The average Bonchev–Trinajstić information content (AvgIpc) is 2.95. The standard InChI is InChI=1S/C26H25N3O2/c1-16-5-7-21(18(3)13-16)23-24(28-22-8-6-17(2)14-19(22)4)26(31)29(25(23)30)15-20-9-11-27-12-10-20/h5-14,28H,15H2,1-4H3. The number of rotatable bonds is 5. The molecule has 0 aliphatic carbocycles. The van der Waals surface area contributed by atoms with Crippen LogP contribution in [-0.2, 0) is 16.1 Å². The number of nitrogens with zero attached hydrogens (tertiary/aromatic N) is 2. The molecule has 0 radical (unpaired) electrons. The van der Waals surface area contributed by atoms with Gasteiger partial charge < -0.3 is 5.32 Å². The number of benzene rings is 2. The highest BCUT2D eigenvalue weighted by Crippen LogP contribution is 2.34. The van der Waals surface area contributed by atoms with Crippen molar-refractivity contribution in [3.05, 3.63) is 100 Å². The van der Waals surface area contributed by atoms with Gasteiger partial charge in [0.15, 0.2) is 0 Å². The summed E-state index contributed by atoms with van der Waals surface area (Å²) < 4.78 is 0. The summed E-state index contributed by atoms with van der Waals surface area (Å²) in [5.41, 5.74) is 7.39. The molecule has 5 nitrogen and oxygen atoms in total. The first-order valence-electron chi connectivity index (χ1n) is 10.3. The van der Waals surface area contributed by atoms with Gasteiger partial charge in [0.25, 0.3) is 11.8 Å². The smallest absolute Gasteiger partial charge is 0.278 e. The van der Waals surface area contributed by atoms with E-state index < -0.39 is 0 Å². The monoisotopic (exact) mass is 411 g/mol. The minimum atomic E-state index is -0.322. The zero-order valence-corrected chi connectivity index (χ0v) is 18.2. The second kappa shape index (κ2) is 8.19. The van der Waals surface area contributed by atoms with Crippen molar-refractivity contribution in [2.75, 3.05) is 5.32 Å². The topological polar surface area (TPSA) is 62.3 Å². The molecule has 2 amide bonds. The van der Waals surface area contributed by atoms with Gasteiger partial charge in [-0.1, -0.05) is 41.5 Å². The molecule has 0 saturated carbocycles. The highest BCUT2D eigenvalue weighted by atomic mass is 16.2. The van der Waals surface area contributed by atoms with Gasteiger partial charge in [0.1, 0.15) is 5.70 Å². The van der Waals surface area contributed by atoms with Gasteiger partial charge in [-0.05, 0) is 68.1 Å². The molecule has 0 bridgehead atoms. The molecule has 0 spiro atoms. The number of amides is 2. The molecule has 1 aliphatic heterocycles. The van der Waals surface area contributed by atoms with Gasteiger partial charge in [-0.25, -0.2) is 0 Å². The van der Waals surface area contributed by atoms with E-state index in [9.17, 15) is 9.59 Å². The van der Waals surface area contributed by atoms with E-state index in [1.54, 1.807) is 12.4 Å². The lowest BCUT2D eigenvalue weighted by atomic mass is 9.97. The van der Waals surface area contributed by atoms with Crippen LogP contribution in [0.1, 0.15) is 33.4 Å². The second-order valence-corrected chi connectivity index (χ2v) is 8.06. The predicted molar refractivity (Wildman–Crippen MR) is 122 cm³/mol. The number of aryl methyl sites for hydroxylation is 4. The van der Waals surface area contributed by atoms with Gasteiger partial charge in [-0.3, -0.25) is 19.5 Å². The minimum Gasteiger partial charge on any atom is -0.350 e. The summed E-state index contributed by atoms with van der Waals surface area (Å²) >= 11 is 0. The Hall–Kier alpha value is -3.73. The number of carbonyl (C=O) groups is 2. The lowest BCUT2D eigenvalue weighted by Gasteiger charge is -2.16. The number of imide groups is 1. The summed E-state index contributed by atoms with van der Waals surface area (Å²) in [5, 5.41) is 3.28. The molecule has 156 valence electrons. The van der Waals surface area contributed by atoms with Gasteiger partial charge in [0.05, 0.1) is 12.1 Å². The number of aromatic nitrogens is 1. The Morgan fingerprint density at radius 3 is 2.10 bits per heavy atom. The van der Waals surface area contributed by atoms with E-state index in [2.05, 4.69) is 16.4 Å². The maximum absolute atomic E-state index is 13.5. The summed E-state index contributed by atoms with van der Waals surface area (Å²) in [6.45, 7) is 8.19. The summed E-state index contributed by atoms with van der Waals surface area (Å²) in [6, 6.07) is 15.5. The van der Waals surface area contributed by atoms with Crippen LogP contribution in [0.3, 0.4) is 0 Å². The SMILES string of the molecule is Cc1ccc(NC2=C(c3ccc(C)cc3C)C(=O)N(Cc3ccncc3)C2=O)c(C)c1. The van der Waals surface area contributed by atoms with Crippen molar-refractivity contribution >= 4 is 23.1 Å². The highest BCUT2D eigenvalue weighted by molar-refractivity contribution is 6.36. The van der Waals surface area contributed by atoms with Crippen molar-refractivity contribution in [3.63, 3.8) is 0 Å². The van der Waals surface area contributed by atoms with E-state index in [0.717, 1.165) is 39.1 Å². The van der Waals surface area contributed by atoms with E-state index in [4.69, 9.17) is 0 Å². The fraction of sp³-hybridized carbons (Fsp3) is 0.192. The quantitative estimate of drug-likeness (QED) is 0.618. The van der Waals surface area contributed by atoms with Gasteiger partial charge in [-0.2, -0.15) is 0 Å². The molecule has 31 heavy (non-hydrogen) atoms. The van der Waals surface area contributed by atoms with E-state index in [1.165, 1.54) is 4.90 Å². The van der Waals surface area contributed by atoms with Gasteiger partial charge in [0, 0.05) is 18.1 Å². The zero-order chi connectivity index (χ0) is 22.1. The number of nitrogens with one attached hydrogen (secondary N) is 1. The number of pyridine rings is 1. The van der Waals surface area contributed by atoms with Crippen molar-refractivity contribution in [2.45, 2.75) is 34.2 Å².